The number of aryl methyl sites for hydroxylation is 4. The van der Waals surface area contributed by atoms with E-state index < -0.39 is 16.8 Å². The van der Waals surface area contributed by atoms with Crippen LogP contribution in [0.5, 0.6) is 23.0 Å². The van der Waals surface area contributed by atoms with Gasteiger partial charge >= 0.3 is 16.8 Å². The van der Waals surface area contributed by atoms with E-state index >= 15 is 0 Å². The molecule has 0 spiro atoms. The molecule has 0 atom stereocenters. The van der Waals surface area contributed by atoms with Crippen LogP contribution < -0.4 is 28.7 Å². The van der Waals surface area contributed by atoms with Gasteiger partial charge in [-0.3, -0.25) is 0 Å². The molecule has 0 aliphatic carbocycles. The molecule has 0 aliphatic rings. The fraction of sp³-hybridized carbons (Fsp3) is 0.118. The summed E-state index contributed by atoms with van der Waals surface area (Å²) in [5.41, 5.74) is 4.69. The maximum atomic E-state index is 6.46. The van der Waals surface area contributed by atoms with Crippen molar-refractivity contribution in [2.45, 2.75) is 27.7 Å². The van der Waals surface area contributed by atoms with E-state index in [-0.39, 0.29) is 0 Å². The lowest BCUT2D eigenvalue weighted by Crippen LogP contribution is -2.18. The van der Waals surface area contributed by atoms with E-state index in [1.165, 1.54) is 22.3 Å². The molecule has 0 heterocycles. The van der Waals surface area contributed by atoms with Crippen LogP contribution in [0.2, 0.25) is 0 Å². The largest absolute Gasteiger partial charge is 0.435 e. The molecular formula is C34H32O4P2. The molecule has 4 nitrogen and oxygen atoms in total. The van der Waals surface area contributed by atoms with Crippen molar-refractivity contribution in [2.24, 2.45) is 0 Å². The zero-order chi connectivity index (χ0) is 27.9. The Morgan fingerprint density at radius 3 is 0.850 bits per heavy atom. The highest BCUT2D eigenvalue weighted by molar-refractivity contribution is 7.58. The molecule has 0 radical (unpaired) electrons. The molecule has 0 N–H and O–H groups in total. The first kappa shape index (κ1) is 27.7. The average molecular weight is 567 g/mol. The van der Waals surface area contributed by atoms with Gasteiger partial charge in [0.15, 0.2) is 0 Å². The van der Waals surface area contributed by atoms with E-state index in [4.69, 9.17) is 18.1 Å². The molecule has 0 aromatic heterocycles. The van der Waals surface area contributed by atoms with Crippen molar-refractivity contribution in [3.63, 3.8) is 0 Å². The molecule has 0 fully saturated rings. The van der Waals surface area contributed by atoms with Crippen LogP contribution in [0.15, 0.2) is 121 Å². The normalized spacial score (nSPS) is 10.9. The molecule has 6 heteroatoms. The molecule has 202 valence electrons. The van der Waals surface area contributed by atoms with Gasteiger partial charge in [-0.1, -0.05) is 76.9 Å². The molecule has 40 heavy (non-hydrogen) atoms. The van der Waals surface area contributed by atoms with Crippen molar-refractivity contribution >= 4 is 27.4 Å². The monoisotopic (exact) mass is 566 g/mol. The highest BCUT2D eigenvalue weighted by atomic mass is 31.2. The maximum Gasteiger partial charge on any atom is 0.326 e. The van der Waals surface area contributed by atoms with E-state index in [1.54, 1.807) is 0 Å². The minimum absolute atomic E-state index is 0.753. The predicted molar refractivity (Wildman–Crippen MR) is 167 cm³/mol. The van der Waals surface area contributed by atoms with Gasteiger partial charge in [0.05, 0.1) is 10.6 Å². The standard InChI is InChI=1S/C34H32O4P2/c1-25-8-16-29(17-9-25)35-39(36-30-18-10-26(2)11-19-30)33-6-5-7-34(24-33)40(37-31-20-12-27(3)13-21-31)38-32-22-14-28(4)15-23-32/h5-24H,1-4H3. The van der Waals surface area contributed by atoms with Gasteiger partial charge in [0.1, 0.15) is 23.0 Å². The summed E-state index contributed by atoms with van der Waals surface area (Å²) in [7, 11) is -2.99. The molecule has 0 amide bonds. The van der Waals surface area contributed by atoms with Crippen LogP contribution in [0.4, 0.5) is 0 Å². The minimum atomic E-state index is -1.50. The van der Waals surface area contributed by atoms with Crippen LogP contribution in [0.3, 0.4) is 0 Å². The second-order valence-electron chi connectivity index (χ2n) is 9.65. The minimum Gasteiger partial charge on any atom is -0.435 e. The zero-order valence-electron chi connectivity index (χ0n) is 23.1. The van der Waals surface area contributed by atoms with Crippen LogP contribution in [-0.4, -0.2) is 0 Å². The average Bonchev–Trinajstić information content (AvgIpc) is 2.97. The van der Waals surface area contributed by atoms with E-state index in [0.29, 0.717) is 0 Å². The Morgan fingerprint density at radius 2 is 0.600 bits per heavy atom. The van der Waals surface area contributed by atoms with Gasteiger partial charge in [0.2, 0.25) is 0 Å². The van der Waals surface area contributed by atoms with Crippen molar-refractivity contribution in [3.8, 4) is 23.0 Å². The first-order chi connectivity index (χ1) is 19.4. The predicted octanol–water partition coefficient (Wildman–Crippen LogP) is 9.11. The fourth-order valence-corrected chi connectivity index (χ4v) is 6.50. The van der Waals surface area contributed by atoms with E-state index in [1.807, 2.05) is 115 Å². The first-order valence-electron chi connectivity index (χ1n) is 13.1. The third kappa shape index (κ3) is 7.63. The Bertz CT molecular complexity index is 1310. The zero-order valence-corrected chi connectivity index (χ0v) is 24.9. The molecule has 0 unspecified atom stereocenters. The Hall–Kier alpha value is -3.84. The van der Waals surface area contributed by atoms with Gasteiger partial charge in [-0.05, 0) is 94.4 Å². The summed E-state index contributed by atoms with van der Waals surface area (Å²) in [6.07, 6.45) is 0. The SMILES string of the molecule is Cc1ccc(OP(Oc2ccc(C)cc2)c2cccc(P(Oc3ccc(C)cc3)Oc3ccc(C)cc3)c2)cc1. The summed E-state index contributed by atoms with van der Waals surface area (Å²) in [6, 6.07) is 40.2. The molecule has 0 saturated heterocycles. The van der Waals surface area contributed by atoms with Gasteiger partial charge in [0, 0.05) is 0 Å². The number of hydrogen-bond acceptors (Lipinski definition) is 4. The Labute approximate surface area is 239 Å². The summed E-state index contributed by atoms with van der Waals surface area (Å²) in [5, 5.41) is 1.84. The maximum absolute atomic E-state index is 6.46. The molecular weight excluding hydrogens is 534 g/mol. The molecule has 0 aliphatic heterocycles. The van der Waals surface area contributed by atoms with E-state index in [2.05, 4.69) is 33.8 Å². The van der Waals surface area contributed by atoms with Crippen LogP contribution in [-0.2, 0) is 0 Å². The molecule has 5 rings (SSSR count). The third-order valence-electron chi connectivity index (χ3n) is 6.09. The summed E-state index contributed by atoms with van der Waals surface area (Å²) in [4.78, 5) is 0. The summed E-state index contributed by atoms with van der Waals surface area (Å²) in [6.45, 7) is 8.24. The quantitative estimate of drug-likeness (QED) is 0.158. The Kier molecular flexibility index (Phi) is 9.01. The van der Waals surface area contributed by atoms with Crippen molar-refractivity contribution < 1.29 is 18.1 Å². The Morgan fingerprint density at radius 1 is 0.350 bits per heavy atom. The van der Waals surface area contributed by atoms with Gasteiger partial charge in [0.25, 0.3) is 0 Å². The van der Waals surface area contributed by atoms with Crippen LogP contribution in [0, 0.1) is 27.7 Å². The van der Waals surface area contributed by atoms with Crippen LogP contribution >= 0.6 is 16.8 Å². The van der Waals surface area contributed by atoms with Crippen molar-refractivity contribution in [1.29, 1.82) is 0 Å². The topological polar surface area (TPSA) is 36.9 Å². The van der Waals surface area contributed by atoms with E-state index in [0.717, 1.165) is 33.6 Å². The van der Waals surface area contributed by atoms with Crippen LogP contribution in [0.1, 0.15) is 22.3 Å². The fourth-order valence-electron chi connectivity index (χ4n) is 3.75. The highest BCUT2D eigenvalue weighted by Crippen LogP contribution is 2.43. The first-order valence-corrected chi connectivity index (χ1v) is 15.5. The lowest BCUT2D eigenvalue weighted by atomic mass is 10.2. The summed E-state index contributed by atoms with van der Waals surface area (Å²) >= 11 is 0. The second-order valence-corrected chi connectivity index (χ2v) is 12.4. The number of hydrogen-bond donors (Lipinski definition) is 0. The van der Waals surface area contributed by atoms with Gasteiger partial charge in [-0.2, -0.15) is 0 Å². The molecule has 0 saturated carbocycles. The summed E-state index contributed by atoms with van der Waals surface area (Å²) in [5.74, 6) is 3.01. The third-order valence-corrected chi connectivity index (χ3v) is 8.99. The lowest BCUT2D eigenvalue weighted by molar-refractivity contribution is 0.501. The van der Waals surface area contributed by atoms with Crippen molar-refractivity contribution in [3.05, 3.63) is 144 Å². The van der Waals surface area contributed by atoms with Crippen molar-refractivity contribution in [2.75, 3.05) is 0 Å². The number of benzene rings is 5. The lowest BCUT2D eigenvalue weighted by Gasteiger charge is -2.22. The van der Waals surface area contributed by atoms with E-state index in [9.17, 15) is 0 Å². The number of rotatable bonds is 10. The van der Waals surface area contributed by atoms with Gasteiger partial charge < -0.3 is 18.1 Å². The van der Waals surface area contributed by atoms with Crippen molar-refractivity contribution in [1.82, 2.24) is 0 Å². The van der Waals surface area contributed by atoms with Crippen LogP contribution in [0.25, 0.3) is 0 Å². The smallest absolute Gasteiger partial charge is 0.326 e. The van der Waals surface area contributed by atoms with Gasteiger partial charge in [-0.25, -0.2) is 0 Å². The highest BCUT2D eigenvalue weighted by Gasteiger charge is 2.24. The molecule has 0 bridgehead atoms. The molecule has 5 aromatic carbocycles. The summed E-state index contributed by atoms with van der Waals surface area (Å²) < 4.78 is 25.8. The van der Waals surface area contributed by atoms with Gasteiger partial charge in [-0.15, -0.1) is 0 Å². The second kappa shape index (κ2) is 13.0. The molecule has 5 aromatic rings. The Balaban J connectivity index is 1.48.